The Morgan fingerprint density at radius 1 is 1.07 bits per heavy atom. The van der Waals surface area contributed by atoms with E-state index in [1.165, 1.54) is 6.20 Å². The molecule has 1 aliphatic heterocycles. The van der Waals surface area contributed by atoms with Gasteiger partial charge in [-0.1, -0.05) is 19.9 Å². The Labute approximate surface area is 159 Å². The molecule has 2 aromatic heterocycles. The van der Waals surface area contributed by atoms with Crippen LogP contribution in [0.5, 0.6) is 0 Å². The number of rotatable bonds is 5. The van der Waals surface area contributed by atoms with Gasteiger partial charge in [0.15, 0.2) is 0 Å². The van der Waals surface area contributed by atoms with Gasteiger partial charge in [0.05, 0.1) is 0 Å². The molecule has 1 aliphatic rings. The Morgan fingerprint density at radius 3 is 2.52 bits per heavy atom. The van der Waals surface area contributed by atoms with Crippen LogP contribution < -0.4 is 10.2 Å². The zero-order chi connectivity index (χ0) is 19.2. The summed E-state index contributed by atoms with van der Waals surface area (Å²) in [6.07, 6.45) is 3.29. The van der Waals surface area contributed by atoms with Crippen molar-refractivity contribution in [2.75, 3.05) is 37.6 Å². The molecule has 2 amide bonds. The molecule has 0 aliphatic carbocycles. The van der Waals surface area contributed by atoms with E-state index in [0.29, 0.717) is 31.1 Å². The van der Waals surface area contributed by atoms with E-state index in [9.17, 15) is 9.59 Å². The highest BCUT2D eigenvalue weighted by molar-refractivity contribution is 5.98. The molecule has 0 unspecified atom stereocenters. The molecule has 1 saturated heterocycles. The number of amides is 2. The second-order valence-electron chi connectivity index (χ2n) is 7.00. The molecule has 0 saturated carbocycles. The van der Waals surface area contributed by atoms with Crippen LogP contribution in [0.25, 0.3) is 0 Å². The van der Waals surface area contributed by atoms with E-state index in [1.807, 2.05) is 36.9 Å². The van der Waals surface area contributed by atoms with Crippen LogP contribution in [0.4, 0.5) is 5.82 Å². The van der Waals surface area contributed by atoms with E-state index in [0.717, 1.165) is 18.9 Å². The molecule has 7 nitrogen and oxygen atoms in total. The van der Waals surface area contributed by atoms with Crippen molar-refractivity contribution in [3.8, 4) is 0 Å². The molecule has 27 heavy (non-hydrogen) atoms. The van der Waals surface area contributed by atoms with Gasteiger partial charge < -0.3 is 15.1 Å². The minimum Gasteiger partial charge on any atom is -0.353 e. The largest absolute Gasteiger partial charge is 0.353 e. The molecule has 0 bridgehead atoms. The van der Waals surface area contributed by atoms with Crippen LogP contribution in [0.3, 0.4) is 0 Å². The average Bonchev–Trinajstić information content (AvgIpc) is 2.72. The highest BCUT2D eigenvalue weighted by Gasteiger charge is 2.23. The minimum absolute atomic E-state index is 0.0732. The topological polar surface area (TPSA) is 78.4 Å². The summed E-state index contributed by atoms with van der Waals surface area (Å²) >= 11 is 0. The fourth-order valence-corrected chi connectivity index (χ4v) is 2.94. The van der Waals surface area contributed by atoms with Gasteiger partial charge in [-0.25, -0.2) is 4.98 Å². The lowest BCUT2D eigenvalue weighted by Gasteiger charge is -2.35. The lowest BCUT2D eigenvalue weighted by Crippen LogP contribution is -2.49. The molecule has 1 fully saturated rings. The van der Waals surface area contributed by atoms with Gasteiger partial charge in [-0.2, -0.15) is 0 Å². The van der Waals surface area contributed by atoms with Crippen molar-refractivity contribution in [3.63, 3.8) is 0 Å². The number of piperazine rings is 1. The number of hydrogen-bond donors (Lipinski definition) is 1. The average molecular weight is 367 g/mol. The zero-order valence-corrected chi connectivity index (χ0v) is 15.8. The van der Waals surface area contributed by atoms with E-state index >= 15 is 0 Å². The van der Waals surface area contributed by atoms with E-state index in [4.69, 9.17) is 0 Å². The van der Waals surface area contributed by atoms with Gasteiger partial charge in [0.25, 0.3) is 11.8 Å². The van der Waals surface area contributed by atoms with Crippen LogP contribution in [0.15, 0.2) is 42.7 Å². The summed E-state index contributed by atoms with van der Waals surface area (Å²) in [5.74, 6) is 0.959. The van der Waals surface area contributed by atoms with Crippen molar-refractivity contribution in [3.05, 3.63) is 54.0 Å². The Bertz CT molecular complexity index is 786. The summed E-state index contributed by atoms with van der Waals surface area (Å²) < 4.78 is 0. The number of carbonyl (C=O) groups excluding carboxylic acids is 2. The molecule has 3 rings (SSSR count). The number of hydrogen-bond acceptors (Lipinski definition) is 5. The monoisotopic (exact) mass is 367 g/mol. The SMILES string of the molecule is CC(C)CNC(=O)c1cc(C(=O)N2CCN(c3ccccn3)CC2)ccn1. The minimum atomic E-state index is -0.252. The number of nitrogens with zero attached hydrogens (tertiary/aromatic N) is 4. The van der Waals surface area contributed by atoms with Crippen LogP contribution in [0, 0.1) is 5.92 Å². The Morgan fingerprint density at radius 2 is 1.85 bits per heavy atom. The van der Waals surface area contributed by atoms with Crippen molar-refractivity contribution < 1.29 is 9.59 Å². The first kappa shape index (κ1) is 18.8. The number of carbonyl (C=O) groups is 2. The van der Waals surface area contributed by atoms with Gasteiger partial charge in [-0.05, 0) is 30.2 Å². The van der Waals surface area contributed by atoms with Crippen molar-refractivity contribution >= 4 is 17.6 Å². The molecule has 0 atom stereocenters. The van der Waals surface area contributed by atoms with Gasteiger partial charge in [0.2, 0.25) is 0 Å². The molecule has 0 aromatic carbocycles. The van der Waals surface area contributed by atoms with Crippen LogP contribution in [0.2, 0.25) is 0 Å². The molecule has 2 aromatic rings. The van der Waals surface area contributed by atoms with Crippen molar-refractivity contribution in [2.45, 2.75) is 13.8 Å². The maximum absolute atomic E-state index is 12.8. The number of nitrogens with one attached hydrogen (secondary N) is 1. The summed E-state index contributed by atoms with van der Waals surface area (Å²) in [4.78, 5) is 37.4. The predicted molar refractivity (Wildman–Crippen MR) is 104 cm³/mol. The van der Waals surface area contributed by atoms with E-state index in [2.05, 4.69) is 20.2 Å². The highest BCUT2D eigenvalue weighted by atomic mass is 16.2. The van der Waals surface area contributed by atoms with Gasteiger partial charge in [0, 0.05) is 50.7 Å². The molecule has 7 heteroatoms. The van der Waals surface area contributed by atoms with Gasteiger partial charge in [-0.3, -0.25) is 14.6 Å². The molecular formula is C20H25N5O2. The normalized spacial score (nSPS) is 14.3. The predicted octanol–water partition coefficient (Wildman–Crippen LogP) is 1.82. The summed E-state index contributed by atoms with van der Waals surface area (Å²) in [6.45, 7) is 7.33. The van der Waals surface area contributed by atoms with Crippen LogP contribution in [0.1, 0.15) is 34.7 Å². The fourth-order valence-electron chi connectivity index (χ4n) is 2.94. The molecule has 0 spiro atoms. The summed E-state index contributed by atoms with van der Waals surface area (Å²) in [5.41, 5.74) is 0.764. The summed E-state index contributed by atoms with van der Waals surface area (Å²) in [6, 6.07) is 9.06. The number of anilines is 1. The molecule has 1 N–H and O–H groups in total. The smallest absolute Gasteiger partial charge is 0.269 e. The lowest BCUT2D eigenvalue weighted by molar-refractivity contribution is 0.0746. The van der Waals surface area contributed by atoms with Crippen LogP contribution >= 0.6 is 0 Å². The van der Waals surface area contributed by atoms with E-state index in [1.54, 1.807) is 18.3 Å². The van der Waals surface area contributed by atoms with Crippen molar-refractivity contribution in [1.29, 1.82) is 0 Å². The number of aromatic nitrogens is 2. The molecule has 142 valence electrons. The first-order chi connectivity index (χ1) is 13.0. The standard InChI is InChI=1S/C20H25N5O2/c1-15(2)14-23-19(26)17-13-16(6-8-21-17)20(27)25-11-9-24(10-12-25)18-5-3-4-7-22-18/h3-8,13,15H,9-12,14H2,1-2H3,(H,23,26). The summed E-state index contributed by atoms with van der Waals surface area (Å²) in [7, 11) is 0. The zero-order valence-electron chi connectivity index (χ0n) is 15.8. The third kappa shape index (κ3) is 4.81. The summed E-state index contributed by atoms with van der Waals surface area (Å²) in [5, 5.41) is 2.83. The molecule has 0 radical (unpaired) electrons. The molecular weight excluding hydrogens is 342 g/mol. The quantitative estimate of drug-likeness (QED) is 0.872. The third-order valence-corrected chi connectivity index (χ3v) is 4.45. The Balaban J connectivity index is 1.61. The van der Waals surface area contributed by atoms with Crippen LogP contribution in [-0.2, 0) is 0 Å². The van der Waals surface area contributed by atoms with Crippen molar-refractivity contribution in [2.24, 2.45) is 5.92 Å². The maximum Gasteiger partial charge on any atom is 0.269 e. The van der Waals surface area contributed by atoms with Crippen molar-refractivity contribution in [1.82, 2.24) is 20.2 Å². The Kier molecular flexibility index (Phi) is 6.01. The second-order valence-corrected chi connectivity index (χ2v) is 7.00. The van der Waals surface area contributed by atoms with E-state index < -0.39 is 0 Å². The second kappa shape index (κ2) is 8.62. The third-order valence-electron chi connectivity index (χ3n) is 4.45. The van der Waals surface area contributed by atoms with Gasteiger partial charge >= 0.3 is 0 Å². The van der Waals surface area contributed by atoms with Gasteiger partial charge in [0.1, 0.15) is 11.5 Å². The van der Waals surface area contributed by atoms with Crippen LogP contribution in [-0.4, -0.2) is 59.4 Å². The maximum atomic E-state index is 12.8. The highest BCUT2D eigenvalue weighted by Crippen LogP contribution is 2.15. The molecule has 3 heterocycles. The lowest BCUT2D eigenvalue weighted by atomic mass is 10.1. The Hall–Kier alpha value is -2.96. The first-order valence-corrected chi connectivity index (χ1v) is 9.24. The van der Waals surface area contributed by atoms with Gasteiger partial charge in [-0.15, -0.1) is 0 Å². The number of pyridine rings is 2. The van der Waals surface area contributed by atoms with E-state index in [-0.39, 0.29) is 17.5 Å². The first-order valence-electron chi connectivity index (χ1n) is 9.24. The fraction of sp³-hybridized carbons (Fsp3) is 0.400.